The van der Waals surface area contributed by atoms with Crippen molar-refractivity contribution in [2.75, 3.05) is 0 Å². The van der Waals surface area contributed by atoms with Crippen LogP contribution in [-0.2, 0) is 16.1 Å². The number of aliphatic carboxylic acids is 1. The Bertz CT molecular complexity index is 1320. The lowest BCUT2D eigenvalue weighted by Gasteiger charge is -2.27. The molecule has 0 saturated heterocycles. The predicted molar refractivity (Wildman–Crippen MR) is 121 cm³/mol. The van der Waals surface area contributed by atoms with Gasteiger partial charge in [-0.2, -0.15) is 5.21 Å². The lowest BCUT2D eigenvalue weighted by atomic mass is 10.1. The molecule has 1 aliphatic rings. The van der Waals surface area contributed by atoms with Gasteiger partial charge in [-0.15, -0.1) is 10.2 Å². The summed E-state index contributed by atoms with van der Waals surface area (Å²) in [6.45, 7) is 1.82. The number of hydrogen-bond donors (Lipinski definition) is 2. The number of pyridine rings is 1. The van der Waals surface area contributed by atoms with Gasteiger partial charge in [-0.05, 0) is 48.7 Å². The van der Waals surface area contributed by atoms with Gasteiger partial charge in [-0.3, -0.25) is 4.79 Å². The Morgan fingerprint density at radius 2 is 1.85 bits per heavy atom. The summed E-state index contributed by atoms with van der Waals surface area (Å²) < 4.78 is 0. The number of hydrogen-bond acceptors (Lipinski definition) is 6. The van der Waals surface area contributed by atoms with E-state index in [0.29, 0.717) is 5.82 Å². The first-order chi connectivity index (χ1) is 16.0. The van der Waals surface area contributed by atoms with Crippen LogP contribution in [0.15, 0.2) is 54.6 Å². The highest BCUT2D eigenvalue weighted by atomic mass is 16.4. The Morgan fingerprint density at radius 1 is 1.09 bits per heavy atom. The van der Waals surface area contributed by atoms with E-state index in [1.54, 1.807) is 6.92 Å². The van der Waals surface area contributed by atoms with Crippen LogP contribution < -0.4 is 0 Å². The van der Waals surface area contributed by atoms with E-state index in [0.717, 1.165) is 46.1 Å². The largest absolute Gasteiger partial charge is 0.480 e. The molecule has 2 aromatic carbocycles. The second-order valence-electron chi connectivity index (χ2n) is 8.29. The lowest BCUT2D eigenvalue weighted by molar-refractivity contribution is -0.150. The number of carboxylic acid groups (broad SMARTS) is 1. The number of rotatable bonds is 7. The molecule has 2 heterocycles. The third kappa shape index (κ3) is 4.30. The number of nitrogens with one attached hydrogen (secondary N) is 1. The highest BCUT2D eigenvalue weighted by Gasteiger charge is 2.37. The summed E-state index contributed by atoms with van der Waals surface area (Å²) in [7, 11) is 0. The Balaban J connectivity index is 1.38. The van der Waals surface area contributed by atoms with Gasteiger partial charge in [0, 0.05) is 29.0 Å². The maximum Gasteiger partial charge on any atom is 0.326 e. The first-order valence-corrected chi connectivity index (χ1v) is 10.8. The molecule has 9 nitrogen and oxygen atoms in total. The first kappa shape index (κ1) is 20.7. The average Bonchev–Trinajstić information content (AvgIpc) is 3.55. The smallest absolute Gasteiger partial charge is 0.326 e. The molecule has 0 bridgehead atoms. The number of fused-ring (bicyclic) bond motifs is 1. The molecule has 0 spiro atoms. The van der Waals surface area contributed by atoms with Crippen LogP contribution in [0.4, 0.5) is 0 Å². The molecule has 1 amide bonds. The summed E-state index contributed by atoms with van der Waals surface area (Å²) in [6.07, 6.45) is 1.67. The topological polar surface area (TPSA) is 125 Å². The summed E-state index contributed by atoms with van der Waals surface area (Å²) >= 11 is 0. The molecular weight excluding hydrogens is 420 g/mol. The number of aromatic amines is 1. The molecule has 0 aliphatic heterocycles. The van der Waals surface area contributed by atoms with E-state index in [4.69, 9.17) is 4.98 Å². The van der Waals surface area contributed by atoms with E-state index in [1.165, 1.54) is 4.90 Å². The normalized spacial score (nSPS) is 14.2. The van der Waals surface area contributed by atoms with E-state index in [2.05, 4.69) is 20.6 Å². The minimum absolute atomic E-state index is 0.0389. The van der Waals surface area contributed by atoms with Crippen molar-refractivity contribution < 1.29 is 14.7 Å². The zero-order valence-electron chi connectivity index (χ0n) is 18.0. The molecule has 2 N–H and O–H groups in total. The van der Waals surface area contributed by atoms with Crippen molar-refractivity contribution in [2.45, 2.75) is 32.4 Å². The van der Waals surface area contributed by atoms with E-state index in [9.17, 15) is 14.7 Å². The summed E-state index contributed by atoms with van der Waals surface area (Å²) in [6, 6.07) is 16.6. The number of H-pyrrole nitrogens is 1. The van der Waals surface area contributed by atoms with Crippen LogP contribution in [0.2, 0.25) is 0 Å². The van der Waals surface area contributed by atoms with E-state index in [1.807, 2.05) is 54.6 Å². The predicted octanol–water partition coefficient (Wildman–Crippen LogP) is 3.29. The first-order valence-electron chi connectivity index (χ1n) is 10.8. The maximum absolute atomic E-state index is 12.7. The van der Waals surface area contributed by atoms with E-state index < -0.39 is 12.0 Å². The molecule has 1 saturated carbocycles. The Morgan fingerprint density at radius 3 is 2.52 bits per heavy atom. The van der Waals surface area contributed by atoms with Crippen LogP contribution in [0, 0.1) is 5.92 Å². The molecule has 2 aromatic heterocycles. The van der Waals surface area contributed by atoms with Gasteiger partial charge in [0.25, 0.3) is 0 Å². The van der Waals surface area contributed by atoms with Gasteiger partial charge in [-0.25, -0.2) is 9.78 Å². The van der Waals surface area contributed by atoms with Crippen LogP contribution in [0.5, 0.6) is 0 Å². The number of benzene rings is 2. The van der Waals surface area contributed by atoms with Gasteiger partial charge in [-0.1, -0.05) is 36.4 Å². The number of carbonyl (C=O) groups is 2. The second kappa shape index (κ2) is 8.42. The van der Waals surface area contributed by atoms with Crippen LogP contribution in [0.1, 0.15) is 25.3 Å². The van der Waals surface area contributed by atoms with Gasteiger partial charge in [0.05, 0.1) is 11.2 Å². The SMILES string of the molecule is CC(C(=O)O)N(Cc1ccc2nc(-c3ccc(-c4nn[nH]n4)cc3)ccc2c1)C(=O)C1CC1. The second-order valence-corrected chi connectivity index (χ2v) is 8.29. The van der Waals surface area contributed by atoms with Crippen molar-refractivity contribution in [3.8, 4) is 22.6 Å². The summed E-state index contributed by atoms with van der Waals surface area (Å²) in [5, 5.41) is 24.4. The number of tetrazole rings is 1. The quantitative estimate of drug-likeness (QED) is 0.450. The van der Waals surface area contributed by atoms with Gasteiger partial charge >= 0.3 is 5.97 Å². The number of carboxylic acids is 1. The van der Waals surface area contributed by atoms with Crippen LogP contribution in [-0.4, -0.2) is 53.5 Å². The van der Waals surface area contributed by atoms with Crippen LogP contribution in [0.25, 0.3) is 33.5 Å². The molecule has 9 heteroatoms. The average molecular weight is 442 g/mol. The Labute approximate surface area is 189 Å². The van der Waals surface area contributed by atoms with Crippen molar-refractivity contribution in [2.24, 2.45) is 5.92 Å². The van der Waals surface area contributed by atoms with Gasteiger partial charge < -0.3 is 10.0 Å². The molecule has 1 aliphatic carbocycles. The van der Waals surface area contributed by atoms with Crippen LogP contribution >= 0.6 is 0 Å². The molecule has 1 atom stereocenters. The van der Waals surface area contributed by atoms with Crippen molar-refractivity contribution in [3.05, 3.63) is 60.2 Å². The van der Waals surface area contributed by atoms with Gasteiger partial charge in [0.2, 0.25) is 11.7 Å². The molecule has 166 valence electrons. The Kier molecular flexibility index (Phi) is 5.29. The molecule has 1 unspecified atom stereocenters. The van der Waals surface area contributed by atoms with Crippen LogP contribution in [0.3, 0.4) is 0 Å². The molecule has 5 rings (SSSR count). The minimum Gasteiger partial charge on any atom is -0.480 e. The van der Waals surface area contributed by atoms with Crippen molar-refractivity contribution in [1.82, 2.24) is 30.5 Å². The summed E-state index contributed by atoms with van der Waals surface area (Å²) in [4.78, 5) is 30.4. The fraction of sp³-hybridized carbons (Fsp3) is 0.250. The number of amides is 1. The van der Waals surface area contributed by atoms with Gasteiger partial charge in [0.15, 0.2) is 0 Å². The monoisotopic (exact) mass is 442 g/mol. The molecule has 4 aromatic rings. The fourth-order valence-electron chi connectivity index (χ4n) is 3.81. The standard InChI is InChI=1S/C24H22N6O3/c1-14(24(32)33)30(23(31)18-7-8-18)13-15-2-10-21-19(12-15)9-11-20(25-21)16-3-5-17(6-4-16)22-26-28-29-27-22/h2-6,9-12,14,18H,7-8,13H2,1H3,(H,32,33)(H,26,27,28,29). The van der Waals surface area contributed by atoms with Crippen molar-refractivity contribution in [1.29, 1.82) is 0 Å². The maximum atomic E-state index is 12.7. The minimum atomic E-state index is -0.999. The van der Waals surface area contributed by atoms with E-state index >= 15 is 0 Å². The van der Waals surface area contributed by atoms with E-state index in [-0.39, 0.29) is 18.4 Å². The Hall–Kier alpha value is -4.14. The molecule has 33 heavy (non-hydrogen) atoms. The number of nitrogens with zero attached hydrogens (tertiary/aromatic N) is 5. The van der Waals surface area contributed by atoms with Gasteiger partial charge in [0.1, 0.15) is 6.04 Å². The summed E-state index contributed by atoms with van der Waals surface area (Å²) in [5.41, 5.74) is 4.36. The molecular formula is C24H22N6O3. The lowest BCUT2D eigenvalue weighted by Crippen LogP contribution is -2.43. The fourth-order valence-corrected chi connectivity index (χ4v) is 3.81. The third-order valence-electron chi connectivity index (χ3n) is 5.93. The molecule has 1 fully saturated rings. The highest BCUT2D eigenvalue weighted by molar-refractivity contribution is 5.87. The third-order valence-corrected chi connectivity index (χ3v) is 5.93. The summed E-state index contributed by atoms with van der Waals surface area (Å²) in [5.74, 6) is -0.584. The highest BCUT2D eigenvalue weighted by Crippen LogP contribution is 2.32. The number of carbonyl (C=O) groups excluding carboxylic acids is 1. The zero-order valence-corrected chi connectivity index (χ0v) is 18.0. The number of aromatic nitrogens is 5. The van der Waals surface area contributed by atoms with Crippen molar-refractivity contribution >= 4 is 22.8 Å². The molecule has 0 radical (unpaired) electrons. The van der Waals surface area contributed by atoms with Crippen molar-refractivity contribution in [3.63, 3.8) is 0 Å². The zero-order chi connectivity index (χ0) is 22.9.